The highest BCUT2D eigenvalue weighted by Gasteiger charge is 2.57. The Bertz CT molecular complexity index is 1440. The molecule has 0 bridgehead atoms. The van der Waals surface area contributed by atoms with Crippen LogP contribution in [0.3, 0.4) is 0 Å². The second kappa shape index (κ2) is 8.12. The first-order chi connectivity index (χ1) is 17.0. The fraction of sp³-hybridized carbons (Fsp3) is 0.310. The van der Waals surface area contributed by atoms with E-state index in [-0.39, 0.29) is 17.3 Å². The lowest BCUT2D eigenvalue weighted by Crippen LogP contribution is -2.54. The molecule has 2 aliphatic rings. The van der Waals surface area contributed by atoms with E-state index >= 15 is 0 Å². The van der Waals surface area contributed by atoms with Crippen molar-refractivity contribution in [3.8, 4) is 28.7 Å². The molecule has 0 saturated carbocycles. The largest absolute Gasteiger partial charge is 0.416 e. The molecule has 0 radical (unpaired) electrons. The topological polar surface area (TPSA) is 66.6 Å². The summed E-state index contributed by atoms with van der Waals surface area (Å²) in [5, 5.41) is 9.71. The molecule has 0 spiro atoms. The number of nitrogens with zero attached hydrogens (tertiary/aromatic N) is 3. The zero-order chi connectivity index (χ0) is 25.9. The fourth-order valence-electron chi connectivity index (χ4n) is 5.71. The highest BCUT2D eigenvalue weighted by molar-refractivity contribution is 6.02. The summed E-state index contributed by atoms with van der Waals surface area (Å²) >= 11 is 0. The van der Waals surface area contributed by atoms with Gasteiger partial charge in [0.1, 0.15) is 6.07 Å². The highest BCUT2D eigenvalue weighted by atomic mass is 19.4. The normalized spacial score (nSPS) is 25.4. The Morgan fingerprint density at radius 3 is 2.28 bits per heavy atom. The van der Waals surface area contributed by atoms with Crippen LogP contribution in [-0.4, -0.2) is 15.8 Å². The van der Waals surface area contributed by atoms with Crippen LogP contribution in [0.25, 0.3) is 22.6 Å². The summed E-state index contributed by atoms with van der Waals surface area (Å²) < 4.78 is 39.5. The van der Waals surface area contributed by atoms with Crippen LogP contribution in [-0.2, 0) is 22.8 Å². The summed E-state index contributed by atoms with van der Waals surface area (Å²) in [6, 6.07) is 16.5. The molecule has 0 N–H and O–H groups in total. The summed E-state index contributed by atoms with van der Waals surface area (Å²) in [5.74, 6) is -0.246. The van der Waals surface area contributed by atoms with Crippen molar-refractivity contribution < 1.29 is 18.0 Å². The third-order valence-electron chi connectivity index (χ3n) is 8.27. The number of benzene rings is 2. The van der Waals surface area contributed by atoms with Gasteiger partial charge in [-0.25, -0.2) is 9.97 Å². The minimum absolute atomic E-state index is 0.117. The summed E-state index contributed by atoms with van der Waals surface area (Å²) in [5.41, 5.74) is 1.85. The lowest BCUT2D eigenvalue weighted by molar-refractivity contribution is -0.137. The number of Topliss-reactive ketones (excluding diaryl/α,β-unsaturated/α-hetero) is 1. The van der Waals surface area contributed by atoms with Crippen LogP contribution in [0, 0.1) is 22.7 Å². The minimum Gasteiger partial charge on any atom is -0.293 e. The maximum Gasteiger partial charge on any atom is 0.416 e. The Morgan fingerprint density at radius 2 is 1.67 bits per heavy atom. The zero-order valence-corrected chi connectivity index (χ0v) is 20.1. The van der Waals surface area contributed by atoms with Crippen molar-refractivity contribution in [1.82, 2.24) is 9.97 Å². The van der Waals surface area contributed by atoms with Gasteiger partial charge in [0.25, 0.3) is 0 Å². The van der Waals surface area contributed by atoms with Crippen molar-refractivity contribution in [2.75, 3.05) is 0 Å². The Hall–Kier alpha value is -3.79. The lowest BCUT2D eigenvalue weighted by atomic mass is 9.49. The Morgan fingerprint density at radius 1 is 1.00 bits per heavy atom. The maximum atomic E-state index is 13.2. The molecule has 0 aliphatic heterocycles. The molecule has 4 nitrogen and oxygen atoms in total. The van der Waals surface area contributed by atoms with E-state index in [1.54, 1.807) is 6.08 Å². The van der Waals surface area contributed by atoms with Crippen molar-refractivity contribution in [3.05, 3.63) is 83.1 Å². The summed E-state index contributed by atoms with van der Waals surface area (Å²) in [4.78, 5) is 22.7. The van der Waals surface area contributed by atoms with Gasteiger partial charge >= 0.3 is 6.18 Å². The molecule has 1 aromatic heterocycles. The number of carbonyl (C=O) groups excluding carboxylic acids is 1. The first-order valence-corrected chi connectivity index (χ1v) is 11.8. The van der Waals surface area contributed by atoms with Gasteiger partial charge in [-0.2, -0.15) is 18.4 Å². The molecule has 2 aliphatic carbocycles. The molecule has 0 amide bonds. The van der Waals surface area contributed by atoms with E-state index in [4.69, 9.17) is 9.97 Å². The van der Waals surface area contributed by atoms with Crippen molar-refractivity contribution in [2.24, 2.45) is 11.3 Å². The molecule has 0 unspecified atom stereocenters. The number of nitriles is 1. The third-order valence-corrected chi connectivity index (χ3v) is 8.27. The molecule has 182 valence electrons. The van der Waals surface area contributed by atoms with Gasteiger partial charge in [-0.3, -0.25) is 4.79 Å². The average molecular weight is 488 g/mol. The monoisotopic (exact) mass is 487 g/mol. The number of rotatable bonds is 2. The minimum atomic E-state index is -4.44. The van der Waals surface area contributed by atoms with Gasteiger partial charge in [0.05, 0.1) is 22.5 Å². The van der Waals surface area contributed by atoms with Gasteiger partial charge in [0, 0.05) is 28.0 Å². The Balaban J connectivity index is 1.79. The van der Waals surface area contributed by atoms with Gasteiger partial charge in [-0.05, 0) is 37.3 Å². The zero-order valence-electron chi connectivity index (χ0n) is 20.1. The number of aromatic nitrogens is 2. The van der Waals surface area contributed by atoms with E-state index in [0.717, 1.165) is 29.0 Å². The van der Waals surface area contributed by atoms with E-state index in [2.05, 4.69) is 13.0 Å². The molecule has 5 rings (SSSR count). The smallest absolute Gasteiger partial charge is 0.293 e. The van der Waals surface area contributed by atoms with Gasteiger partial charge < -0.3 is 0 Å². The van der Waals surface area contributed by atoms with Gasteiger partial charge in [-0.1, -0.05) is 62.4 Å². The second-order valence-electron chi connectivity index (χ2n) is 10.0. The number of alkyl halides is 3. The number of hydrogen-bond donors (Lipinski definition) is 0. The van der Waals surface area contributed by atoms with E-state index in [1.165, 1.54) is 12.1 Å². The quantitative estimate of drug-likeness (QED) is 0.403. The van der Waals surface area contributed by atoms with E-state index in [9.17, 15) is 23.2 Å². The molecule has 3 aromatic rings. The van der Waals surface area contributed by atoms with Crippen LogP contribution >= 0.6 is 0 Å². The predicted octanol–water partition coefficient (Wildman–Crippen LogP) is 6.71. The van der Waals surface area contributed by atoms with Crippen LogP contribution in [0.4, 0.5) is 13.2 Å². The molecule has 3 atom stereocenters. The molecular weight excluding hydrogens is 463 g/mol. The fourth-order valence-corrected chi connectivity index (χ4v) is 5.71. The Labute approximate surface area is 207 Å². The number of allylic oxidation sites excluding steroid dienone is 2. The van der Waals surface area contributed by atoms with Crippen LogP contribution in [0.1, 0.15) is 44.0 Å². The SMILES string of the molecule is C[C@H]1C(=O)C(C#N)=C[C@@]2(C)c3nc(-c4ccc(C(F)(F)F)cc4)nc(-c4ccccc4)c3CC[C@]12C. The highest BCUT2D eigenvalue weighted by Crippen LogP contribution is 2.58. The van der Waals surface area contributed by atoms with E-state index in [1.807, 2.05) is 44.2 Å². The number of carbonyl (C=O) groups is 1. The first kappa shape index (κ1) is 23.9. The molecule has 36 heavy (non-hydrogen) atoms. The molecule has 2 aromatic carbocycles. The van der Waals surface area contributed by atoms with Crippen molar-refractivity contribution in [2.45, 2.75) is 45.2 Å². The lowest BCUT2D eigenvalue weighted by Gasteiger charge is -2.54. The molecular formula is C29H24F3N3O. The van der Waals surface area contributed by atoms with Crippen LogP contribution in [0.2, 0.25) is 0 Å². The molecule has 0 saturated heterocycles. The predicted molar refractivity (Wildman–Crippen MR) is 130 cm³/mol. The van der Waals surface area contributed by atoms with Crippen molar-refractivity contribution in [1.29, 1.82) is 5.26 Å². The second-order valence-corrected chi connectivity index (χ2v) is 10.0. The van der Waals surface area contributed by atoms with Crippen LogP contribution in [0.5, 0.6) is 0 Å². The average Bonchev–Trinajstić information content (AvgIpc) is 2.87. The van der Waals surface area contributed by atoms with E-state index < -0.39 is 22.6 Å². The molecule has 1 heterocycles. The summed E-state index contributed by atoms with van der Waals surface area (Å²) in [7, 11) is 0. The van der Waals surface area contributed by atoms with Gasteiger partial charge in [0.15, 0.2) is 11.6 Å². The first-order valence-electron chi connectivity index (χ1n) is 11.8. The molecule has 7 heteroatoms. The van der Waals surface area contributed by atoms with Gasteiger partial charge in [-0.15, -0.1) is 0 Å². The van der Waals surface area contributed by atoms with Crippen LogP contribution < -0.4 is 0 Å². The van der Waals surface area contributed by atoms with Crippen molar-refractivity contribution >= 4 is 5.78 Å². The third kappa shape index (κ3) is 3.47. The van der Waals surface area contributed by atoms with Crippen LogP contribution in [0.15, 0.2) is 66.2 Å². The van der Waals surface area contributed by atoms with E-state index in [0.29, 0.717) is 29.9 Å². The number of hydrogen-bond acceptors (Lipinski definition) is 4. The van der Waals surface area contributed by atoms with Crippen molar-refractivity contribution in [3.63, 3.8) is 0 Å². The number of halogens is 3. The summed E-state index contributed by atoms with van der Waals surface area (Å²) in [6.07, 6.45) is -1.34. The van der Waals surface area contributed by atoms with Gasteiger partial charge in [0.2, 0.25) is 0 Å². The molecule has 0 fully saturated rings. The maximum absolute atomic E-state index is 13.2. The summed E-state index contributed by atoms with van der Waals surface area (Å²) in [6.45, 7) is 5.93. The standard InChI is InChI=1S/C29H24F3N3O/c1-17-24(36)20(16-33)15-28(3)25-22(13-14-27(17,28)2)23(18-7-5-4-6-8-18)34-26(35-25)19-9-11-21(12-10-19)29(30,31)32/h4-12,15,17H,13-14H2,1-3H3/t17-,27+,28-/m0/s1. The number of ketones is 1. The Kier molecular flexibility index (Phi) is 5.40. The number of fused-ring (bicyclic) bond motifs is 3.